The maximum Gasteiger partial charge on any atom is 0.254 e. The highest BCUT2D eigenvalue weighted by atomic mass is 35.5. The van der Waals surface area contributed by atoms with Crippen LogP contribution in [-0.2, 0) is 4.79 Å². The molecule has 10 heteroatoms. The lowest BCUT2D eigenvalue weighted by atomic mass is 9.94. The van der Waals surface area contributed by atoms with Crippen LogP contribution in [0.25, 0.3) is 33.2 Å². The Hall–Kier alpha value is -5.15. The Bertz CT molecular complexity index is 2030. The first kappa shape index (κ1) is 29.9. The number of nitrogens with one attached hydrogen (secondary N) is 1. The fourth-order valence-corrected chi connectivity index (χ4v) is 6.08. The lowest BCUT2D eigenvalue weighted by molar-refractivity contribution is -0.123. The Morgan fingerprint density at radius 1 is 1.00 bits per heavy atom. The number of allylic oxidation sites excluding steroid dienone is 1. The van der Waals surface area contributed by atoms with Gasteiger partial charge >= 0.3 is 0 Å². The lowest BCUT2D eigenvalue weighted by Crippen LogP contribution is -2.33. The van der Waals surface area contributed by atoms with Gasteiger partial charge < -0.3 is 11.1 Å². The van der Waals surface area contributed by atoms with E-state index >= 15 is 0 Å². The minimum Gasteiger partial charge on any atom is -0.403 e. The summed E-state index contributed by atoms with van der Waals surface area (Å²) in [6.07, 6.45) is 10.1. The number of nitrogens with two attached hydrogens (primary N) is 1. The molecule has 4 heterocycles. The Balaban J connectivity index is 1.45. The van der Waals surface area contributed by atoms with Gasteiger partial charge in [0.15, 0.2) is 0 Å². The number of carbonyl (C=O) groups excluding carboxylic acids is 1. The molecule has 9 nitrogen and oxygen atoms in total. The highest BCUT2D eigenvalue weighted by Gasteiger charge is 2.24. The summed E-state index contributed by atoms with van der Waals surface area (Å²) in [6, 6.07) is 18.5. The van der Waals surface area contributed by atoms with E-state index in [1.54, 1.807) is 36.4 Å². The van der Waals surface area contributed by atoms with E-state index in [2.05, 4.69) is 20.3 Å². The predicted octanol–water partition coefficient (Wildman–Crippen LogP) is 5.92. The van der Waals surface area contributed by atoms with Crippen LogP contribution in [0.4, 0.5) is 0 Å². The smallest absolute Gasteiger partial charge is 0.254 e. The summed E-state index contributed by atoms with van der Waals surface area (Å²) in [7, 11) is 1.64. The van der Waals surface area contributed by atoms with Crippen molar-refractivity contribution in [3.05, 3.63) is 124 Å². The molecule has 1 amide bonds. The van der Waals surface area contributed by atoms with Crippen molar-refractivity contribution in [1.29, 1.82) is 0 Å². The van der Waals surface area contributed by atoms with Crippen LogP contribution < -0.4 is 16.6 Å². The van der Waals surface area contributed by atoms with Gasteiger partial charge in [0.25, 0.3) is 5.56 Å². The average Bonchev–Trinajstić information content (AvgIpc) is 3.06. The minimum absolute atomic E-state index is 0.137. The van der Waals surface area contributed by atoms with Crippen molar-refractivity contribution in [2.24, 2.45) is 16.6 Å². The maximum absolute atomic E-state index is 13.9. The van der Waals surface area contributed by atoms with Crippen LogP contribution in [0.15, 0.2) is 107 Å². The van der Waals surface area contributed by atoms with Crippen molar-refractivity contribution in [3.8, 4) is 22.4 Å². The van der Waals surface area contributed by atoms with Gasteiger partial charge in [0.05, 0.1) is 35.2 Å². The van der Waals surface area contributed by atoms with Gasteiger partial charge in [0, 0.05) is 65.4 Å². The van der Waals surface area contributed by atoms with Crippen LogP contribution in [0.2, 0.25) is 5.02 Å². The van der Waals surface area contributed by atoms with E-state index in [0.29, 0.717) is 47.1 Å². The van der Waals surface area contributed by atoms with Gasteiger partial charge in [-0.3, -0.25) is 29.1 Å². The van der Waals surface area contributed by atoms with Crippen molar-refractivity contribution in [3.63, 3.8) is 0 Å². The first-order chi connectivity index (χ1) is 21.9. The number of rotatable bonds is 3. The summed E-state index contributed by atoms with van der Waals surface area (Å²) in [5.41, 5.74) is 11.2. The van der Waals surface area contributed by atoms with Crippen LogP contribution in [0.3, 0.4) is 0 Å². The van der Waals surface area contributed by atoms with Crippen molar-refractivity contribution < 1.29 is 4.79 Å². The van der Waals surface area contributed by atoms with E-state index in [1.807, 2.05) is 67.7 Å². The number of halogens is 1. The number of hydrogen-bond donors (Lipinski definition) is 2. The third kappa shape index (κ3) is 5.99. The molecule has 0 spiro atoms. The topological polar surface area (TPSA) is 128 Å². The number of aromatic nitrogens is 4. The summed E-state index contributed by atoms with van der Waals surface area (Å²) in [4.78, 5) is 45.0. The first-order valence-corrected chi connectivity index (χ1v) is 15.1. The van der Waals surface area contributed by atoms with E-state index in [9.17, 15) is 9.59 Å². The molecule has 0 radical (unpaired) electrons. The highest BCUT2D eigenvalue weighted by Crippen LogP contribution is 2.37. The Labute approximate surface area is 265 Å². The Kier molecular flexibility index (Phi) is 8.53. The normalized spacial score (nSPS) is 19.2. The highest BCUT2D eigenvalue weighted by molar-refractivity contribution is 6.31. The molecule has 6 rings (SSSR count). The van der Waals surface area contributed by atoms with Crippen LogP contribution in [0.1, 0.15) is 43.5 Å². The van der Waals surface area contributed by atoms with Crippen molar-refractivity contribution in [2.75, 3.05) is 7.05 Å². The van der Waals surface area contributed by atoms with Crippen molar-refractivity contribution in [1.82, 2.24) is 24.8 Å². The van der Waals surface area contributed by atoms with Gasteiger partial charge in [0.2, 0.25) is 5.91 Å². The zero-order valence-corrected chi connectivity index (χ0v) is 25.7. The number of nitrogens with zero attached hydrogens (tertiary/aromatic N) is 5. The molecular weight excluding hydrogens is 586 g/mol. The molecule has 2 bridgehead atoms. The van der Waals surface area contributed by atoms with E-state index in [0.717, 1.165) is 33.0 Å². The fraction of sp³-hybridized carbons (Fsp3) is 0.200. The number of hydrogen-bond acceptors (Lipinski definition) is 7. The molecule has 0 fully saturated rings. The zero-order valence-electron chi connectivity index (χ0n) is 24.9. The number of aliphatic imine (C=N–C) groups is 1. The van der Waals surface area contributed by atoms with Gasteiger partial charge in [0.1, 0.15) is 0 Å². The Morgan fingerprint density at radius 3 is 2.67 bits per heavy atom. The van der Waals surface area contributed by atoms with Crippen LogP contribution in [-0.4, -0.2) is 38.2 Å². The van der Waals surface area contributed by atoms with Crippen LogP contribution in [0.5, 0.6) is 0 Å². The molecular formula is C35H32ClN7O2. The summed E-state index contributed by atoms with van der Waals surface area (Å²) in [5.74, 6) is -0.407. The van der Waals surface area contributed by atoms with E-state index < -0.39 is 6.04 Å². The lowest BCUT2D eigenvalue weighted by Gasteiger charge is -2.23. The molecule has 1 aliphatic heterocycles. The van der Waals surface area contributed by atoms with Gasteiger partial charge in [-0.1, -0.05) is 49.2 Å². The molecule has 5 aromatic rings. The predicted molar refractivity (Wildman–Crippen MR) is 178 cm³/mol. The first-order valence-electron chi connectivity index (χ1n) is 14.8. The number of pyridine rings is 2. The maximum atomic E-state index is 13.9. The number of fused-ring (bicyclic) bond motifs is 3. The number of carbonyl (C=O) groups is 1. The summed E-state index contributed by atoms with van der Waals surface area (Å²) in [5, 5.41) is 5.50. The molecule has 3 aromatic heterocycles. The molecule has 2 unspecified atom stereocenters. The third-order valence-electron chi connectivity index (χ3n) is 8.26. The molecule has 0 saturated carbocycles. The largest absolute Gasteiger partial charge is 0.403 e. The third-order valence-corrected chi connectivity index (χ3v) is 8.50. The van der Waals surface area contributed by atoms with Gasteiger partial charge in [-0.2, -0.15) is 0 Å². The quantitative estimate of drug-likeness (QED) is 0.259. The van der Waals surface area contributed by atoms with E-state index in [4.69, 9.17) is 22.3 Å². The van der Waals surface area contributed by atoms with E-state index in [-0.39, 0.29) is 17.4 Å². The summed E-state index contributed by atoms with van der Waals surface area (Å²) < 4.78 is 1.61. The zero-order chi connectivity index (χ0) is 31.5. The summed E-state index contributed by atoms with van der Waals surface area (Å²) in [6.45, 7) is 1.88. The van der Waals surface area contributed by atoms with Crippen LogP contribution >= 0.6 is 11.6 Å². The molecule has 2 aromatic carbocycles. The molecule has 45 heavy (non-hydrogen) atoms. The molecule has 226 valence electrons. The summed E-state index contributed by atoms with van der Waals surface area (Å²) >= 11 is 6.48. The molecule has 0 saturated heterocycles. The SMILES string of the molecule is CN=C1C(=CN)NC(=O)C(C)CCCC(n2cnc(-c3cc(Cl)ccc3-c3cccc4cnccc34)cc2=O)c2cc1ccn2. The average molecular weight is 618 g/mol. The standard InChI is InChI=1S/C35H32ClN7O2/c1-21-5-3-8-32(30-15-22(11-14-40-30)34(38-2)31(18-37)42-35(21)45)43-20-41-29(17-33(43)44)28-16-24(36)9-10-27(28)26-7-4-6-23-19-39-13-12-25(23)26/h4,6-7,9-21,32H,3,5,8,37H2,1-2H3,(H,42,45). The molecule has 3 N–H and O–H groups in total. The second kappa shape index (κ2) is 12.8. The monoisotopic (exact) mass is 617 g/mol. The second-order valence-corrected chi connectivity index (χ2v) is 11.5. The Morgan fingerprint density at radius 2 is 1.87 bits per heavy atom. The van der Waals surface area contributed by atoms with Gasteiger partial charge in [-0.05, 0) is 59.7 Å². The molecule has 1 aliphatic rings. The second-order valence-electron chi connectivity index (χ2n) is 11.1. The number of benzene rings is 2. The molecule has 2 atom stereocenters. The van der Waals surface area contributed by atoms with E-state index in [1.165, 1.54) is 6.20 Å². The van der Waals surface area contributed by atoms with Crippen molar-refractivity contribution in [2.45, 2.75) is 32.2 Å². The number of amides is 1. The van der Waals surface area contributed by atoms with Gasteiger partial charge in [-0.15, -0.1) is 0 Å². The fourth-order valence-electron chi connectivity index (χ4n) is 5.91. The van der Waals surface area contributed by atoms with Gasteiger partial charge in [-0.25, -0.2) is 4.98 Å². The minimum atomic E-state index is -0.415. The van der Waals surface area contributed by atoms with Crippen LogP contribution in [0, 0.1) is 5.92 Å². The molecule has 0 aliphatic carbocycles. The van der Waals surface area contributed by atoms with Crippen molar-refractivity contribution >= 4 is 34.0 Å².